The van der Waals surface area contributed by atoms with Gasteiger partial charge in [0, 0.05) is 105 Å². The maximum absolute atomic E-state index is 13.3. The molecule has 0 radical (unpaired) electrons. The molecule has 0 atom stereocenters. The molecule has 0 saturated heterocycles. The van der Waals surface area contributed by atoms with Crippen LogP contribution >= 0.6 is 15.9 Å². The van der Waals surface area contributed by atoms with Crippen LogP contribution in [-0.2, 0) is 25.7 Å². The second-order valence-corrected chi connectivity index (χ2v) is 20.7. The predicted octanol–water partition coefficient (Wildman–Crippen LogP) is 9.31. The number of ether oxygens (including phenoxy) is 2. The van der Waals surface area contributed by atoms with Crippen molar-refractivity contribution in [3.8, 4) is 22.6 Å². The van der Waals surface area contributed by atoms with Gasteiger partial charge in [0.15, 0.2) is 11.6 Å². The molecule has 14 heteroatoms. The van der Waals surface area contributed by atoms with Gasteiger partial charge in [-0.25, -0.2) is 0 Å². The van der Waals surface area contributed by atoms with E-state index >= 15 is 0 Å². The Hall–Kier alpha value is -5.96. The highest BCUT2D eigenvalue weighted by Gasteiger charge is 2.44. The molecule has 0 amide bonds. The van der Waals surface area contributed by atoms with Crippen molar-refractivity contribution >= 4 is 40.1 Å². The minimum Gasteiger partial charge on any atom is -0.486 e. The zero-order valence-electron chi connectivity index (χ0n) is 41.0. The van der Waals surface area contributed by atoms with Gasteiger partial charge in [0.1, 0.15) is 22.7 Å². The standard InChI is InChI=1S/C28H30N2O3.C22H24BrNO3.C6H8BNO2/c1-17-12-19(3)30-27(32)23(17)8-9-25(31)21-13-22-15-28(10-4-5-11-28)33-26(22)24(14-21)20-7-6-18(2)29-16-20;1-13-9-14(2)24-21(26)17(13)5-6-19(25)15-10-16-12-22(7-3-4-8-22)27-20(16)18(23)11-15;1-5-2-3-6(4-8-5)7(9)10/h6-7,12-14,16H,4-5,8-11,15H2,1-3H3,(H,30,32);9-11H,3-8,12H2,1-2H3,(H,24,26);2-4,9-10H,1H3. The highest BCUT2D eigenvalue weighted by Crippen LogP contribution is 2.50. The molecule has 4 aliphatic rings. The molecule has 4 N–H and O–H groups in total. The first-order chi connectivity index (χ1) is 33.4. The molecule has 6 aromatic rings. The lowest BCUT2D eigenvalue weighted by atomic mass is 9.82. The van der Waals surface area contributed by atoms with E-state index in [0.29, 0.717) is 53.4 Å². The number of carbonyl (C=O) groups excluding carboxylic acids is 2. The fourth-order valence-corrected chi connectivity index (χ4v) is 11.2. The first-order valence-electron chi connectivity index (χ1n) is 24.4. The predicted molar refractivity (Wildman–Crippen MR) is 277 cm³/mol. The summed E-state index contributed by atoms with van der Waals surface area (Å²) < 4.78 is 13.7. The van der Waals surface area contributed by atoms with Crippen molar-refractivity contribution in [1.82, 2.24) is 19.9 Å². The fraction of sp³-hybridized carbons (Fsp3) is 0.393. The number of carbonyl (C=O) groups is 2. The maximum atomic E-state index is 13.3. The summed E-state index contributed by atoms with van der Waals surface area (Å²) in [7, 11) is -1.41. The zero-order chi connectivity index (χ0) is 49.9. The van der Waals surface area contributed by atoms with Gasteiger partial charge in [-0.3, -0.25) is 29.1 Å². The highest BCUT2D eigenvalue weighted by molar-refractivity contribution is 9.10. The van der Waals surface area contributed by atoms with Gasteiger partial charge in [-0.15, -0.1) is 0 Å². The van der Waals surface area contributed by atoms with Crippen molar-refractivity contribution in [3.05, 3.63) is 166 Å². The van der Waals surface area contributed by atoms with Crippen molar-refractivity contribution in [2.24, 2.45) is 0 Å². The average molecular weight is 1010 g/mol. The van der Waals surface area contributed by atoms with E-state index in [2.05, 4.69) is 35.9 Å². The average Bonchev–Trinajstić information content (AvgIpc) is 4.13. The van der Waals surface area contributed by atoms with Crippen molar-refractivity contribution in [2.45, 2.75) is 143 Å². The van der Waals surface area contributed by atoms with Crippen LogP contribution in [-0.4, -0.2) is 59.9 Å². The number of ketones is 2. The lowest BCUT2D eigenvalue weighted by molar-refractivity contribution is 0.0974. The molecule has 0 unspecified atom stereocenters. The monoisotopic (exact) mass is 1010 g/mol. The summed E-state index contributed by atoms with van der Waals surface area (Å²) in [5.41, 5.74) is 12.3. The molecule has 2 aliphatic carbocycles. The van der Waals surface area contributed by atoms with Crippen LogP contribution in [0.15, 0.2) is 87.1 Å². The van der Waals surface area contributed by atoms with Crippen molar-refractivity contribution in [1.29, 1.82) is 0 Å². The van der Waals surface area contributed by atoms with E-state index in [9.17, 15) is 19.2 Å². The quantitative estimate of drug-likeness (QED) is 0.0762. The van der Waals surface area contributed by atoms with Gasteiger partial charge < -0.3 is 29.5 Å². The molecule has 12 nitrogen and oxygen atoms in total. The number of nitrogens with one attached hydrogen (secondary N) is 2. The third kappa shape index (κ3) is 11.5. The van der Waals surface area contributed by atoms with E-state index in [-0.39, 0.29) is 33.9 Å². The molecular formula is C56H62BBrN4O8. The molecule has 2 spiro atoms. The van der Waals surface area contributed by atoms with Crippen molar-refractivity contribution < 1.29 is 29.1 Å². The van der Waals surface area contributed by atoms with Gasteiger partial charge in [0.05, 0.1) is 4.47 Å². The number of Topliss-reactive ketones (excluding diaryl/α,β-unsaturated/α-hetero) is 2. The number of H-pyrrole nitrogens is 2. The third-order valence-electron chi connectivity index (χ3n) is 14.3. The summed E-state index contributed by atoms with van der Waals surface area (Å²) in [6.45, 7) is 11.4. The molecule has 2 aromatic carbocycles. The first kappa shape index (κ1) is 50.4. The van der Waals surface area contributed by atoms with Crippen LogP contribution in [0.1, 0.15) is 141 Å². The van der Waals surface area contributed by atoms with Crippen LogP contribution in [0.5, 0.6) is 11.5 Å². The smallest absolute Gasteiger partial charge is 0.486 e. The second-order valence-electron chi connectivity index (χ2n) is 19.8. The molecule has 364 valence electrons. The number of halogens is 1. The third-order valence-corrected chi connectivity index (χ3v) is 14.9. The Morgan fingerprint density at radius 2 is 1.11 bits per heavy atom. The SMILES string of the molecule is Cc1cc(C)c(CCC(=O)c2cc(Br)c3c(c2)CC2(CCCC2)O3)c(=O)[nH]1.Cc1ccc(-c2cc(C(=O)CCc3c(C)cc(C)[nH]c3=O)cc3c2OC2(CCCC2)C3)cn1.Cc1ccc(B(O)O)cn1. The number of rotatable bonds is 10. The number of hydrogen-bond acceptors (Lipinski definition) is 10. The van der Waals surface area contributed by atoms with Crippen LogP contribution < -0.4 is 26.1 Å². The normalized spacial score (nSPS) is 15.6. The molecule has 4 aromatic heterocycles. The zero-order valence-corrected chi connectivity index (χ0v) is 42.6. The fourth-order valence-electron chi connectivity index (χ4n) is 10.6. The highest BCUT2D eigenvalue weighted by atomic mass is 79.9. The minimum absolute atomic E-state index is 0.0471. The number of benzene rings is 2. The van der Waals surface area contributed by atoms with E-state index in [1.54, 1.807) is 12.1 Å². The first-order valence-corrected chi connectivity index (χ1v) is 25.2. The molecule has 70 heavy (non-hydrogen) atoms. The van der Waals surface area contributed by atoms with Gasteiger partial charge in [-0.2, -0.15) is 0 Å². The van der Waals surface area contributed by atoms with Crippen LogP contribution in [0.3, 0.4) is 0 Å². The van der Waals surface area contributed by atoms with Gasteiger partial charge in [-0.1, -0.05) is 12.1 Å². The largest absolute Gasteiger partial charge is 0.490 e. The van der Waals surface area contributed by atoms with E-state index in [1.807, 2.05) is 96.3 Å². The summed E-state index contributed by atoms with van der Waals surface area (Å²) >= 11 is 3.59. The lowest BCUT2D eigenvalue weighted by Crippen LogP contribution is -2.30. The van der Waals surface area contributed by atoms with Gasteiger partial charge in [0.2, 0.25) is 0 Å². The number of fused-ring (bicyclic) bond motifs is 2. The summed E-state index contributed by atoms with van der Waals surface area (Å²) in [6.07, 6.45) is 15.6. The van der Waals surface area contributed by atoms with Crippen LogP contribution in [0, 0.1) is 41.5 Å². The molecule has 2 aliphatic heterocycles. The van der Waals surface area contributed by atoms with Gasteiger partial charge >= 0.3 is 7.12 Å². The Morgan fingerprint density at radius 3 is 1.57 bits per heavy atom. The number of aromatic nitrogens is 4. The topological polar surface area (TPSA) is 185 Å². The maximum Gasteiger partial charge on any atom is 0.490 e. The van der Waals surface area contributed by atoms with Gasteiger partial charge in [-0.05, 0) is 187 Å². The van der Waals surface area contributed by atoms with Crippen LogP contribution in [0.2, 0.25) is 0 Å². The number of hydrogen-bond donors (Lipinski definition) is 4. The second kappa shape index (κ2) is 21.2. The Kier molecular flexibility index (Phi) is 15.3. The van der Waals surface area contributed by atoms with E-state index < -0.39 is 7.12 Å². The Balaban J connectivity index is 0.000000160. The molecule has 0 bridgehead atoms. The van der Waals surface area contributed by atoms with E-state index in [1.165, 1.54) is 31.9 Å². The number of aromatic amines is 2. The molecule has 2 saturated carbocycles. The number of nitrogens with zero attached hydrogens (tertiary/aromatic N) is 2. The number of aryl methyl sites for hydroxylation is 6. The summed E-state index contributed by atoms with van der Waals surface area (Å²) in [5, 5.41) is 17.3. The molecule has 10 rings (SSSR count). The van der Waals surface area contributed by atoms with E-state index in [4.69, 9.17) is 19.5 Å². The Bertz CT molecular complexity index is 3040. The summed E-state index contributed by atoms with van der Waals surface area (Å²) in [4.78, 5) is 64.7. The lowest BCUT2D eigenvalue weighted by Gasteiger charge is -2.23. The molecule has 6 heterocycles. The van der Waals surface area contributed by atoms with E-state index in [0.717, 1.165) is 111 Å². The van der Waals surface area contributed by atoms with Crippen LogP contribution in [0.4, 0.5) is 0 Å². The Morgan fingerprint density at radius 1 is 0.643 bits per heavy atom. The number of pyridine rings is 4. The van der Waals surface area contributed by atoms with Gasteiger partial charge in [0.25, 0.3) is 11.1 Å². The Labute approximate surface area is 418 Å². The molecular weight excluding hydrogens is 947 g/mol. The summed E-state index contributed by atoms with van der Waals surface area (Å²) in [5.74, 6) is 1.92. The minimum atomic E-state index is -1.41. The van der Waals surface area contributed by atoms with Crippen molar-refractivity contribution in [2.75, 3.05) is 0 Å². The molecule has 2 fully saturated rings. The van der Waals surface area contributed by atoms with Crippen molar-refractivity contribution in [3.63, 3.8) is 0 Å². The summed E-state index contributed by atoms with van der Waals surface area (Å²) in [6, 6.07) is 19.1. The van der Waals surface area contributed by atoms with Crippen LogP contribution in [0.25, 0.3) is 11.1 Å².